The number of amides is 1. The van der Waals surface area contributed by atoms with Crippen LogP contribution in [0.15, 0.2) is 29.6 Å². The van der Waals surface area contributed by atoms with Crippen molar-refractivity contribution in [3.05, 3.63) is 46.5 Å². The summed E-state index contributed by atoms with van der Waals surface area (Å²) in [6, 6.07) is 9.23. The second-order valence-corrected chi connectivity index (χ2v) is 8.13. The van der Waals surface area contributed by atoms with Crippen LogP contribution < -0.4 is 10.6 Å². The van der Waals surface area contributed by atoms with Gasteiger partial charge in [-0.3, -0.25) is 4.79 Å². The van der Waals surface area contributed by atoms with Gasteiger partial charge in [0.1, 0.15) is 0 Å². The second kappa shape index (κ2) is 9.11. The minimum absolute atomic E-state index is 0.0876. The summed E-state index contributed by atoms with van der Waals surface area (Å²) in [5.74, 6) is 1.06. The first-order chi connectivity index (χ1) is 11.8. The molecule has 2 N–H and O–H groups in total. The summed E-state index contributed by atoms with van der Waals surface area (Å²) in [6.45, 7) is 11.1. The largest absolute Gasteiger partial charge is 0.304 e. The van der Waals surface area contributed by atoms with Crippen LogP contribution in [0, 0.1) is 11.8 Å². The van der Waals surface area contributed by atoms with Crippen molar-refractivity contribution in [1.29, 1.82) is 0 Å². The minimum Gasteiger partial charge on any atom is -0.304 e. The number of benzene rings is 1. The molecular formula is C20H29N3OS. The highest BCUT2D eigenvalue weighted by Gasteiger charge is 2.16. The molecule has 0 aliphatic heterocycles. The SMILES string of the molecule is CC(=O)Nc1nc(CN[C@@H](c2ccc(CC(C)C)cc2)C(C)C)cs1. The van der Waals surface area contributed by atoms with E-state index in [-0.39, 0.29) is 11.9 Å². The first kappa shape index (κ1) is 19.6. The minimum atomic E-state index is -0.0876. The molecule has 5 heteroatoms. The molecule has 1 heterocycles. The number of carbonyl (C=O) groups is 1. The standard InChI is InChI=1S/C20H29N3OS/c1-13(2)10-16-6-8-17(9-7-16)19(14(3)4)21-11-18-12-25-20(23-18)22-15(5)24/h6-9,12-14,19,21H,10-11H2,1-5H3,(H,22,23,24)/t19-/m1/s1. The lowest BCUT2D eigenvalue weighted by Crippen LogP contribution is -2.25. The number of thiazole rings is 1. The van der Waals surface area contributed by atoms with Crippen LogP contribution in [0.1, 0.15) is 57.5 Å². The van der Waals surface area contributed by atoms with Crippen molar-refractivity contribution in [2.75, 3.05) is 5.32 Å². The fourth-order valence-corrected chi connectivity index (χ4v) is 3.64. The van der Waals surface area contributed by atoms with Crippen LogP contribution >= 0.6 is 11.3 Å². The van der Waals surface area contributed by atoms with E-state index in [1.807, 2.05) is 5.38 Å². The van der Waals surface area contributed by atoms with Gasteiger partial charge in [0.25, 0.3) is 0 Å². The molecule has 2 rings (SSSR count). The molecule has 1 atom stereocenters. The molecule has 0 aliphatic carbocycles. The number of anilines is 1. The number of hydrogen-bond acceptors (Lipinski definition) is 4. The van der Waals surface area contributed by atoms with E-state index in [0.717, 1.165) is 12.1 Å². The average Bonchev–Trinajstić information content (AvgIpc) is 2.95. The number of hydrogen-bond donors (Lipinski definition) is 2. The first-order valence-corrected chi connectivity index (χ1v) is 9.77. The Morgan fingerprint density at radius 3 is 2.40 bits per heavy atom. The fraction of sp³-hybridized carbons (Fsp3) is 0.500. The highest BCUT2D eigenvalue weighted by Crippen LogP contribution is 2.24. The number of nitrogens with zero attached hydrogens (tertiary/aromatic N) is 1. The smallest absolute Gasteiger partial charge is 0.223 e. The van der Waals surface area contributed by atoms with Crippen molar-refractivity contribution in [2.24, 2.45) is 11.8 Å². The molecule has 0 saturated heterocycles. The highest BCUT2D eigenvalue weighted by atomic mass is 32.1. The van der Waals surface area contributed by atoms with Crippen molar-refractivity contribution in [2.45, 2.75) is 53.6 Å². The van der Waals surface area contributed by atoms with E-state index in [2.05, 4.69) is 67.6 Å². The molecule has 0 fully saturated rings. The molecule has 136 valence electrons. The monoisotopic (exact) mass is 359 g/mol. The summed E-state index contributed by atoms with van der Waals surface area (Å²) in [5, 5.41) is 8.98. The van der Waals surface area contributed by atoms with Crippen LogP contribution in [0.5, 0.6) is 0 Å². The predicted molar refractivity (Wildman–Crippen MR) is 106 cm³/mol. The molecule has 0 saturated carbocycles. The quantitative estimate of drug-likeness (QED) is 0.713. The van der Waals surface area contributed by atoms with Crippen LogP contribution in [0.2, 0.25) is 0 Å². The maximum Gasteiger partial charge on any atom is 0.223 e. The average molecular weight is 360 g/mol. The van der Waals surface area contributed by atoms with Crippen LogP contribution in [-0.4, -0.2) is 10.9 Å². The zero-order valence-electron chi connectivity index (χ0n) is 15.8. The van der Waals surface area contributed by atoms with E-state index >= 15 is 0 Å². The predicted octanol–water partition coefficient (Wildman–Crippen LogP) is 4.79. The van der Waals surface area contributed by atoms with Crippen LogP contribution in [0.25, 0.3) is 0 Å². The van der Waals surface area contributed by atoms with Gasteiger partial charge >= 0.3 is 0 Å². The lowest BCUT2D eigenvalue weighted by Gasteiger charge is -2.23. The second-order valence-electron chi connectivity index (χ2n) is 7.27. The molecule has 1 aromatic heterocycles. The van der Waals surface area contributed by atoms with Crippen molar-refractivity contribution < 1.29 is 4.79 Å². The Balaban J connectivity index is 2.00. The van der Waals surface area contributed by atoms with Gasteiger partial charge in [0, 0.05) is 24.9 Å². The third-order valence-corrected chi connectivity index (χ3v) is 4.79. The summed E-state index contributed by atoms with van der Waals surface area (Å²) in [5.41, 5.74) is 3.65. The molecule has 2 aromatic rings. The van der Waals surface area contributed by atoms with Crippen molar-refractivity contribution in [3.63, 3.8) is 0 Å². The van der Waals surface area contributed by atoms with Crippen molar-refractivity contribution in [3.8, 4) is 0 Å². The zero-order valence-corrected chi connectivity index (χ0v) is 16.6. The lowest BCUT2D eigenvalue weighted by molar-refractivity contribution is -0.114. The molecule has 0 spiro atoms. The molecule has 0 unspecified atom stereocenters. The topological polar surface area (TPSA) is 54.0 Å². The fourth-order valence-electron chi connectivity index (χ4n) is 2.88. The Labute approximate surface area is 155 Å². The van der Waals surface area contributed by atoms with Gasteiger partial charge in [-0.1, -0.05) is 52.0 Å². The molecule has 0 aliphatic rings. The Kier molecular flexibility index (Phi) is 7.14. The molecule has 0 radical (unpaired) electrons. The van der Waals surface area contributed by atoms with E-state index in [9.17, 15) is 4.79 Å². The van der Waals surface area contributed by atoms with Gasteiger partial charge in [-0.25, -0.2) is 4.98 Å². The van der Waals surface area contributed by atoms with Gasteiger partial charge in [0.15, 0.2) is 5.13 Å². The van der Waals surface area contributed by atoms with Crippen LogP contribution in [0.4, 0.5) is 5.13 Å². The number of aromatic nitrogens is 1. The number of nitrogens with one attached hydrogen (secondary N) is 2. The summed E-state index contributed by atoms with van der Waals surface area (Å²) in [4.78, 5) is 15.5. The maximum absolute atomic E-state index is 11.1. The number of rotatable bonds is 8. The third-order valence-electron chi connectivity index (χ3n) is 3.99. The Morgan fingerprint density at radius 1 is 1.16 bits per heavy atom. The molecule has 1 amide bonds. The van der Waals surface area contributed by atoms with Gasteiger partial charge in [-0.2, -0.15) is 0 Å². The summed E-state index contributed by atoms with van der Waals surface area (Å²) < 4.78 is 0. The Bertz CT molecular complexity index is 677. The molecular weight excluding hydrogens is 330 g/mol. The van der Waals surface area contributed by atoms with E-state index < -0.39 is 0 Å². The van der Waals surface area contributed by atoms with Crippen LogP contribution in [0.3, 0.4) is 0 Å². The van der Waals surface area contributed by atoms with Crippen molar-refractivity contribution in [1.82, 2.24) is 10.3 Å². The summed E-state index contributed by atoms with van der Waals surface area (Å²) in [6.07, 6.45) is 1.12. The Morgan fingerprint density at radius 2 is 1.84 bits per heavy atom. The van der Waals surface area contributed by atoms with E-state index in [1.165, 1.54) is 29.4 Å². The van der Waals surface area contributed by atoms with Crippen molar-refractivity contribution >= 4 is 22.4 Å². The van der Waals surface area contributed by atoms with Gasteiger partial charge in [-0.15, -0.1) is 11.3 Å². The van der Waals surface area contributed by atoms with E-state index in [0.29, 0.717) is 23.5 Å². The van der Waals surface area contributed by atoms with Gasteiger partial charge in [0.2, 0.25) is 5.91 Å². The molecule has 4 nitrogen and oxygen atoms in total. The third kappa shape index (κ3) is 6.25. The first-order valence-electron chi connectivity index (χ1n) is 8.89. The zero-order chi connectivity index (χ0) is 18.4. The molecule has 25 heavy (non-hydrogen) atoms. The van der Waals surface area contributed by atoms with E-state index in [4.69, 9.17) is 0 Å². The lowest BCUT2D eigenvalue weighted by atomic mass is 9.93. The van der Waals surface area contributed by atoms with Gasteiger partial charge in [-0.05, 0) is 29.4 Å². The summed E-state index contributed by atoms with van der Waals surface area (Å²) in [7, 11) is 0. The highest BCUT2D eigenvalue weighted by molar-refractivity contribution is 7.13. The normalized spacial score (nSPS) is 12.6. The van der Waals surface area contributed by atoms with Gasteiger partial charge < -0.3 is 10.6 Å². The van der Waals surface area contributed by atoms with Crippen LogP contribution in [-0.2, 0) is 17.8 Å². The molecule has 0 bridgehead atoms. The maximum atomic E-state index is 11.1. The van der Waals surface area contributed by atoms with Gasteiger partial charge in [0.05, 0.1) is 5.69 Å². The molecule has 1 aromatic carbocycles. The van der Waals surface area contributed by atoms with E-state index in [1.54, 1.807) is 0 Å². The number of carbonyl (C=O) groups excluding carboxylic acids is 1. The Hall–Kier alpha value is -1.72. The summed E-state index contributed by atoms with van der Waals surface area (Å²) >= 11 is 1.46.